The van der Waals surface area contributed by atoms with Crippen LogP contribution in [0.3, 0.4) is 0 Å². The number of nitrogens with one attached hydrogen (secondary N) is 1. The molecule has 0 unspecified atom stereocenters. The van der Waals surface area contributed by atoms with Crippen molar-refractivity contribution in [3.8, 4) is 0 Å². The number of anilines is 1. The van der Waals surface area contributed by atoms with Crippen molar-refractivity contribution in [2.45, 2.75) is 11.8 Å². The molecule has 0 bridgehead atoms. The normalized spacial score (nSPS) is 11.7. The summed E-state index contributed by atoms with van der Waals surface area (Å²) in [6, 6.07) is 1.20. The fraction of sp³-hybridized carbons (Fsp3) is 0.250. The van der Waals surface area contributed by atoms with E-state index in [0.717, 1.165) is 6.07 Å². The summed E-state index contributed by atoms with van der Waals surface area (Å²) >= 11 is 0. The monoisotopic (exact) mass is 236 g/mol. The van der Waals surface area contributed by atoms with Crippen LogP contribution < -0.4 is 10.5 Å². The van der Waals surface area contributed by atoms with Crippen molar-refractivity contribution in [1.82, 2.24) is 4.72 Å². The minimum atomic E-state index is -3.95. The van der Waals surface area contributed by atoms with Crippen molar-refractivity contribution in [3.63, 3.8) is 0 Å². The molecular formula is C8H10F2N2O2S. The van der Waals surface area contributed by atoms with E-state index >= 15 is 0 Å². The smallest absolute Gasteiger partial charge is 0.243 e. The van der Waals surface area contributed by atoms with Crippen molar-refractivity contribution < 1.29 is 17.2 Å². The highest BCUT2D eigenvalue weighted by Crippen LogP contribution is 2.20. The number of sulfonamides is 1. The van der Waals surface area contributed by atoms with Crippen LogP contribution in [-0.4, -0.2) is 15.0 Å². The van der Waals surface area contributed by atoms with Crippen molar-refractivity contribution in [1.29, 1.82) is 0 Å². The maximum absolute atomic E-state index is 13.1. The molecule has 15 heavy (non-hydrogen) atoms. The Hall–Kier alpha value is -1.21. The van der Waals surface area contributed by atoms with E-state index in [1.54, 1.807) is 6.92 Å². The Labute approximate surface area is 86.1 Å². The third-order valence-electron chi connectivity index (χ3n) is 1.68. The predicted molar refractivity (Wildman–Crippen MR) is 51.6 cm³/mol. The summed E-state index contributed by atoms with van der Waals surface area (Å²) in [6.45, 7) is 1.65. The number of hydrogen-bond donors (Lipinski definition) is 2. The molecule has 0 aliphatic carbocycles. The van der Waals surface area contributed by atoms with Gasteiger partial charge in [0.1, 0.15) is 16.5 Å². The van der Waals surface area contributed by atoms with Gasteiger partial charge in [-0.15, -0.1) is 0 Å². The Morgan fingerprint density at radius 2 is 1.93 bits per heavy atom. The Balaban J connectivity index is 3.33. The standard InChI is InChI=1S/C8H10F2N2O2S/c1-2-12-15(13,14)8-4-7(11)5(9)3-6(8)10/h3-4,12H,2,11H2,1H3. The highest BCUT2D eigenvalue weighted by Gasteiger charge is 2.20. The lowest BCUT2D eigenvalue weighted by atomic mass is 10.3. The van der Waals surface area contributed by atoms with Crippen molar-refractivity contribution in [3.05, 3.63) is 23.8 Å². The van der Waals surface area contributed by atoms with Crippen LogP contribution in [0, 0.1) is 11.6 Å². The van der Waals surface area contributed by atoms with Gasteiger partial charge in [-0.1, -0.05) is 6.92 Å². The maximum Gasteiger partial charge on any atom is 0.243 e. The van der Waals surface area contributed by atoms with Gasteiger partial charge in [-0.3, -0.25) is 0 Å². The second-order valence-corrected chi connectivity index (χ2v) is 4.54. The van der Waals surface area contributed by atoms with E-state index in [4.69, 9.17) is 5.73 Å². The summed E-state index contributed by atoms with van der Waals surface area (Å²) in [5, 5.41) is 0. The lowest BCUT2D eigenvalue weighted by Crippen LogP contribution is -2.24. The summed E-state index contributed by atoms with van der Waals surface area (Å²) in [5.74, 6) is -2.15. The van der Waals surface area contributed by atoms with Gasteiger partial charge < -0.3 is 5.73 Å². The molecule has 1 aromatic carbocycles. The SMILES string of the molecule is CCNS(=O)(=O)c1cc(N)c(F)cc1F. The third kappa shape index (κ3) is 2.42. The van der Waals surface area contributed by atoms with Crippen LogP contribution in [-0.2, 0) is 10.0 Å². The second-order valence-electron chi connectivity index (χ2n) is 2.81. The van der Waals surface area contributed by atoms with Crippen LogP contribution >= 0.6 is 0 Å². The number of halogens is 2. The minimum absolute atomic E-state index is 0.110. The van der Waals surface area contributed by atoms with Gasteiger partial charge in [-0.05, 0) is 6.07 Å². The van der Waals surface area contributed by atoms with E-state index in [1.165, 1.54) is 0 Å². The van der Waals surface area contributed by atoms with E-state index in [0.29, 0.717) is 6.07 Å². The average molecular weight is 236 g/mol. The lowest BCUT2D eigenvalue weighted by Gasteiger charge is -2.06. The van der Waals surface area contributed by atoms with Gasteiger partial charge in [0.25, 0.3) is 0 Å². The van der Waals surface area contributed by atoms with Gasteiger partial charge in [0.15, 0.2) is 0 Å². The molecule has 0 spiro atoms. The number of rotatable bonds is 3. The molecule has 0 fully saturated rings. The van der Waals surface area contributed by atoms with E-state index in [9.17, 15) is 17.2 Å². The molecule has 0 aromatic heterocycles. The number of hydrogen-bond acceptors (Lipinski definition) is 3. The summed E-state index contributed by atoms with van der Waals surface area (Å²) in [7, 11) is -3.95. The molecule has 0 saturated carbocycles. The zero-order valence-corrected chi connectivity index (χ0v) is 8.74. The molecule has 0 aliphatic rings. The molecule has 1 rings (SSSR count). The highest BCUT2D eigenvalue weighted by molar-refractivity contribution is 7.89. The zero-order chi connectivity index (χ0) is 11.6. The van der Waals surface area contributed by atoms with Crippen LogP contribution in [0.5, 0.6) is 0 Å². The van der Waals surface area contributed by atoms with Crippen LogP contribution in [0.15, 0.2) is 17.0 Å². The molecule has 0 atom stereocenters. The van der Waals surface area contributed by atoms with Gasteiger partial charge in [-0.25, -0.2) is 21.9 Å². The van der Waals surface area contributed by atoms with Gasteiger partial charge >= 0.3 is 0 Å². The Morgan fingerprint density at radius 1 is 1.33 bits per heavy atom. The molecule has 1 aromatic rings. The highest BCUT2D eigenvalue weighted by atomic mass is 32.2. The lowest BCUT2D eigenvalue weighted by molar-refractivity contribution is 0.545. The first-order valence-corrected chi connectivity index (χ1v) is 5.61. The molecule has 0 radical (unpaired) electrons. The molecule has 84 valence electrons. The van der Waals surface area contributed by atoms with E-state index in [-0.39, 0.29) is 6.54 Å². The topological polar surface area (TPSA) is 72.2 Å². The zero-order valence-electron chi connectivity index (χ0n) is 7.92. The van der Waals surface area contributed by atoms with Crippen molar-refractivity contribution >= 4 is 15.7 Å². The molecule has 4 nitrogen and oxygen atoms in total. The van der Waals surface area contributed by atoms with E-state index in [1.807, 2.05) is 0 Å². The first kappa shape index (κ1) is 11.9. The Morgan fingerprint density at radius 3 is 2.47 bits per heavy atom. The Kier molecular flexibility index (Phi) is 3.25. The van der Waals surface area contributed by atoms with E-state index < -0.39 is 32.2 Å². The molecule has 0 heterocycles. The van der Waals surface area contributed by atoms with Crippen LogP contribution in [0.25, 0.3) is 0 Å². The molecule has 0 aliphatic heterocycles. The average Bonchev–Trinajstić information content (AvgIpc) is 2.11. The van der Waals surface area contributed by atoms with Gasteiger partial charge in [0.2, 0.25) is 10.0 Å². The largest absolute Gasteiger partial charge is 0.396 e. The summed E-state index contributed by atoms with van der Waals surface area (Å²) < 4.78 is 50.7. The fourth-order valence-electron chi connectivity index (χ4n) is 1.02. The maximum atomic E-state index is 13.1. The van der Waals surface area contributed by atoms with Crippen LogP contribution in [0.1, 0.15) is 6.92 Å². The predicted octanol–water partition coefficient (Wildman–Crippen LogP) is 0.845. The molecular weight excluding hydrogens is 226 g/mol. The van der Waals surface area contributed by atoms with Crippen molar-refractivity contribution in [2.24, 2.45) is 0 Å². The molecule has 3 N–H and O–H groups in total. The molecule has 0 saturated heterocycles. The summed E-state index contributed by atoms with van der Waals surface area (Å²) in [6.07, 6.45) is 0. The number of nitrogens with two attached hydrogens (primary N) is 1. The van der Waals surface area contributed by atoms with Crippen molar-refractivity contribution in [2.75, 3.05) is 12.3 Å². The molecule has 7 heteroatoms. The number of benzene rings is 1. The third-order valence-corrected chi connectivity index (χ3v) is 3.24. The summed E-state index contributed by atoms with van der Waals surface area (Å²) in [4.78, 5) is -0.650. The fourth-order valence-corrected chi connectivity index (χ4v) is 2.15. The molecule has 0 amide bonds. The van der Waals surface area contributed by atoms with E-state index in [2.05, 4.69) is 4.72 Å². The number of nitrogen functional groups attached to an aromatic ring is 1. The summed E-state index contributed by atoms with van der Waals surface area (Å²) in [5.41, 5.74) is 4.74. The van der Waals surface area contributed by atoms with Gasteiger partial charge in [0.05, 0.1) is 5.69 Å². The second kappa shape index (κ2) is 4.11. The minimum Gasteiger partial charge on any atom is -0.396 e. The van der Waals surface area contributed by atoms with Crippen LogP contribution in [0.2, 0.25) is 0 Å². The van der Waals surface area contributed by atoms with Gasteiger partial charge in [-0.2, -0.15) is 0 Å². The van der Waals surface area contributed by atoms with Gasteiger partial charge in [0, 0.05) is 12.6 Å². The first-order chi connectivity index (χ1) is 6.88. The Bertz CT molecular complexity index is 474. The van der Waals surface area contributed by atoms with Crippen LogP contribution in [0.4, 0.5) is 14.5 Å². The first-order valence-electron chi connectivity index (χ1n) is 4.12. The quantitative estimate of drug-likeness (QED) is 0.764.